The fourth-order valence-electron chi connectivity index (χ4n) is 6.77. The Bertz CT molecular complexity index is 1020. The van der Waals surface area contributed by atoms with Crippen LogP contribution in [-0.2, 0) is 0 Å². The lowest BCUT2D eigenvalue weighted by molar-refractivity contribution is 0.161. The number of hydrogen-bond acceptors (Lipinski definition) is 2. The molecule has 2 aliphatic rings. The van der Waals surface area contributed by atoms with Crippen molar-refractivity contribution in [3.63, 3.8) is 0 Å². The molecule has 2 nitrogen and oxygen atoms in total. The van der Waals surface area contributed by atoms with Gasteiger partial charge in [-0.15, -0.1) is 0 Å². The van der Waals surface area contributed by atoms with Gasteiger partial charge in [0.05, 0.1) is 5.69 Å². The Kier molecular flexibility index (Phi) is 4.05. The fraction of sp³-hybridized carbons (Fsp3) is 0.538. The van der Waals surface area contributed by atoms with Crippen LogP contribution in [-0.4, -0.2) is 11.6 Å². The van der Waals surface area contributed by atoms with Crippen molar-refractivity contribution in [2.45, 2.75) is 84.2 Å². The Balaban J connectivity index is 1.75. The first-order chi connectivity index (χ1) is 13.5. The zero-order valence-electron chi connectivity index (χ0n) is 17.8. The standard InChI is InChI=1S/C26H33NO/c1-5-22-26(15-9-6-10-16-26)17-25(3,4)27(22)23-18(2)13-14-20-19-11-7-8-12-21(19)28-24(20)23/h7-8,11-14,22H,5-6,9-10,15-17H2,1-4H3/t22-/m0/s1. The summed E-state index contributed by atoms with van der Waals surface area (Å²) in [5, 5.41) is 2.49. The molecule has 1 aliphatic carbocycles. The number of nitrogens with zero attached hydrogens (tertiary/aromatic N) is 1. The molecule has 0 N–H and O–H groups in total. The Labute approximate surface area is 168 Å². The van der Waals surface area contributed by atoms with Crippen molar-refractivity contribution < 1.29 is 4.42 Å². The van der Waals surface area contributed by atoms with E-state index in [0.29, 0.717) is 11.5 Å². The Morgan fingerprint density at radius 1 is 1.00 bits per heavy atom. The first-order valence-corrected chi connectivity index (χ1v) is 11.2. The highest BCUT2D eigenvalue weighted by molar-refractivity contribution is 6.09. The number of aryl methyl sites for hydroxylation is 1. The van der Waals surface area contributed by atoms with Crippen molar-refractivity contribution in [1.29, 1.82) is 0 Å². The van der Waals surface area contributed by atoms with Crippen LogP contribution in [0.2, 0.25) is 0 Å². The van der Waals surface area contributed by atoms with Gasteiger partial charge in [-0.05, 0) is 63.5 Å². The highest BCUT2D eigenvalue weighted by atomic mass is 16.3. The second-order valence-corrected chi connectivity index (χ2v) is 9.91. The van der Waals surface area contributed by atoms with E-state index in [9.17, 15) is 0 Å². The minimum Gasteiger partial charge on any atom is -0.454 e. The molecule has 1 atom stereocenters. The average Bonchev–Trinajstić information content (AvgIpc) is 3.14. The molecule has 3 aromatic rings. The lowest BCUT2D eigenvalue weighted by Crippen LogP contribution is -2.46. The molecule has 2 aromatic carbocycles. The average molecular weight is 376 g/mol. The van der Waals surface area contributed by atoms with Gasteiger partial charge in [-0.25, -0.2) is 0 Å². The van der Waals surface area contributed by atoms with Gasteiger partial charge in [0.1, 0.15) is 5.58 Å². The summed E-state index contributed by atoms with van der Waals surface area (Å²) in [5.41, 5.74) is 5.38. The zero-order chi connectivity index (χ0) is 19.5. The van der Waals surface area contributed by atoms with E-state index in [0.717, 1.165) is 11.2 Å². The van der Waals surface area contributed by atoms with E-state index in [1.165, 1.54) is 67.0 Å². The van der Waals surface area contributed by atoms with Crippen molar-refractivity contribution in [3.05, 3.63) is 42.0 Å². The summed E-state index contributed by atoms with van der Waals surface area (Å²) in [4.78, 5) is 2.78. The summed E-state index contributed by atoms with van der Waals surface area (Å²) in [5.74, 6) is 0. The van der Waals surface area contributed by atoms with E-state index in [2.05, 4.69) is 69.0 Å². The lowest BCUT2D eigenvalue weighted by Gasteiger charge is -2.42. The van der Waals surface area contributed by atoms with Gasteiger partial charge in [-0.1, -0.05) is 56.5 Å². The molecule has 2 fully saturated rings. The maximum Gasteiger partial charge on any atom is 0.158 e. The van der Waals surface area contributed by atoms with Crippen LogP contribution in [0, 0.1) is 12.3 Å². The molecular formula is C26H33NO. The fourth-order valence-corrected chi connectivity index (χ4v) is 6.77. The molecule has 0 unspecified atom stereocenters. The van der Waals surface area contributed by atoms with Gasteiger partial charge in [0.15, 0.2) is 5.58 Å². The highest BCUT2D eigenvalue weighted by Crippen LogP contribution is 2.58. The summed E-state index contributed by atoms with van der Waals surface area (Å²) in [6.45, 7) is 9.57. The smallest absolute Gasteiger partial charge is 0.158 e. The lowest BCUT2D eigenvalue weighted by atomic mass is 9.67. The SMILES string of the molecule is CC[C@@H]1N(c2c(C)ccc3c2oc2ccccc23)C(C)(C)CC12CCCCC2. The summed E-state index contributed by atoms with van der Waals surface area (Å²) >= 11 is 0. The zero-order valence-corrected chi connectivity index (χ0v) is 17.8. The third-order valence-corrected chi connectivity index (χ3v) is 7.65. The number of fused-ring (bicyclic) bond motifs is 3. The molecular weight excluding hydrogens is 342 g/mol. The van der Waals surface area contributed by atoms with E-state index < -0.39 is 0 Å². The number of anilines is 1. The first kappa shape index (κ1) is 18.1. The predicted octanol–water partition coefficient (Wildman–Crippen LogP) is 7.61. The van der Waals surface area contributed by atoms with E-state index in [4.69, 9.17) is 4.42 Å². The third kappa shape index (κ3) is 2.46. The maximum absolute atomic E-state index is 6.50. The van der Waals surface area contributed by atoms with E-state index in [1.54, 1.807) is 0 Å². The van der Waals surface area contributed by atoms with Crippen LogP contribution in [0.1, 0.15) is 71.3 Å². The number of para-hydroxylation sites is 1. The van der Waals surface area contributed by atoms with E-state index in [-0.39, 0.29) is 5.54 Å². The van der Waals surface area contributed by atoms with Crippen LogP contribution < -0.4 is 4.90 Å². The predicted molar refractivity (Wildman–Crippen MR) is 119 cm³/mol. The Morgan fingerprint density at radius 3 is 2.50 bits per heavy atom. The van der Waals surface area contributed by atoms with Crippen LogP contribution in [0.15, 0.2) is 40.8 Å². The molecule has 0 radical (unpaired) electrons. The minimum absolute atomic E-state index is 0.149. The van der Waals surface area contributed by atoms with Gasteiger partial charge in [0, 0.05) is 22.4 Å². The third-order valence-electron chi connectivity index (χ3n) is 7.65. The molecule has 1 spiro atoms. The van der Waals surface area contributed by atoms with Gasteiger partial charge < -0.3 is 9.32 Å². The van der Waals surface area contributed by atoms with E-state index >= 15 is 0 Å². The summed E-state index contributed by atoms with van der Waals surface area (Å²) in [6.07, 6.45) is 9.49. The Morgan fingerprint density at radius 2 is 1.75 bits per heavy atom. The monoisotopic (exact) mass is 375 g/mol. The molecule has 148 valence electrons. The number of benzene rings is 2. The topological polar surface area (TPSA) is 16.4 Å². The van der Waals surface area contributed by atoms with Crippen LogP contribution in [0.4, 0.5) is 5.69 Å². The number of hydrogen-bond donors (Lipinski definition) is 0. The minimum atomic E-state index is 0.149. The molecule has 2 heteroatoms. The van der Waals surface area contributed by atoms with Gasteiger partial charge >= 0.3 is 0 Å². The number of furan rings is 1. The highest BCUT2D eigenvalue weighted by Gasteiger charge is 2.55. The molecule has 0 bridgehead atoms. The summed E-state index contributed by atoms with van der Waals surface area (Å²) in [6, 6.07) is 13.6. The first-order valence-electron chi connectivity index (χ1n) is 11.2. The largest absolute Gasteiger partial charge is 0.454 e. The van der Waals surface area contributed by atoms with Gasteiger partial charge in [-0.2, -0.15) is 0 Å². The van der Waals surface area contributed by atoms with Gasteiger partial charge in [-0.3, -0.25) is 0 Å². The van der Waals surface area contributed by atoms with Crippen molar-refractivity contribution in [1.82, 2.24) is 0 Å². The molecule has 1 aromatic heterocycles. The second-order valence-electron chi connectivity index (χ2n) is 9.91. The summed E-state index contributed by atoms with van der Waals surface area (Å²) in [7, 11) is 0. The molecule has 28 heavy (non-hydrogen) atoms. The maximum atomic E-state index is 6.50. The Hall–Kier alpha value is -1.96. The van der Waals surface area contributed by atoms with Crippen molar-refractivity contribution in [2.75, 3.05) is 4.90 Å². The molecule has 0 amide bonds. The van der Waals surface area contributed by atoms with Crippen molar-refractivity contribution >= 4 is 27.6 Å². The molecule has 1 saturated carbocycles. The van der Waals surface area contributed by atoms with Crippen LogP contribution in [0.25, 0.3) is 21.9 Å². The quantitative estimate of drug-likeness (QED) is 0.458. The normalized spacial score (nSPS) is 23.9. The number of rotatable bonds is 2. The molecule has 5 rings (SSSR count). The molecule has 1 aliphatic heterocycles. The van der Waals surface area contributed by atoms with Gasteiger partial charge in [0.25, 0.3) is 0 Å². The van der Waals surface area contributed by atoms with Crippen molar-refractivity contribution in [2.24, 2.45) is 5.41 Å². The van der Waals surface area contributed by atoms with Crippen LogP contribution in [0.5, 0.6) is 0 Å². The van der Waals surface area contributed by atoms with Crippen LogP contribution >= 0.6 is 0 Å². The second kappa shape index (κ2) is 6.27. The molecule has 1 saturated heterocycles. The molecule has 2 heterocycles. The van der Waals surface area contributed by atoms with Crippen molar-refractivity contribution in [3.8, 4) is 0 Å². The van der Waals surface area contributed by atoms with Gasteiger partial charge in [0.2, 0.25) is 0 Å². The van der Waals surface area contributed by atoms with E-state index in [1.807, 2.05) is 0 Å². The van der Waals surface area contributed by atoms with Crippen LogP contribution in [0.3, 0.4) is 0 Å². The summed E-state index contributed by atoms with van der Waals surface area (Å²) < 4.78 is 6.50.